The minimum Gasteiger partial charge on any atom is -0.381 e. The van der Waals surface area contributed by atoms with E-state index in [-0.39, 0.29) is 5.41 Å². The quantitative estimate of drug-likeness (QED) is 0.874. The lowest BCUT2D eigenvalue weighted by atomic mass is 9.93. The molecule has 1 aromatic heterocycles. The van der Waals surface area contributed by atoms with Crippen molar-refractivity contribution in [1.29, 1.82) is 0 Å². The van der Waals surface area contributed by atoms with Gasteiger partial charge in [0.25, 0.3) is 0 Å². The molecular formula is C16H28N2OS. The molecule has 2 rings (SSSR count). The van der Waals surface area contributed by atoms with Crippen LogP contribution < -0.4 is 5.32 Å². The van der Waals surface area contributed by atoms with E-state index in [1.165, 1.54) is 23.5 Å². The lowest BCUT2D eigenvalue weighted by Gasteiger charge is -2.20. The van der Waals surface area contributed by atoms with Crippen LogP contribution in [0.2, 0.25) is 0 Å². The predicted octanol–water partition coefficient (Wildman–Crippen LogP) is 3.39. The predicted molar refractivity (Wildman–Crippen MR) is 85.5 cm³/mol. The second kappa shape index (κ2) is 7.01. The summed E-state index contributed by atoms with van der Waals surface area (Å²) in [5.41, 5.74) is 1.37. The Morgan fingerprint density at radius 1 is 1.50 bits per heavy atom. The molecule has 0 saturated carbocycles. The highest BCUT2D eigenvalue weighted by Crippen LogP contribution is 2.26. The summed E-state index contributed by atoms with van der Waals surface area (Å²) in [5.74, 6) is 0.723. The highest BCUT2D eigenvalue weighted by Gasteiger charge is 2.22. The average molecular weight is 296 g/mol. The molecule has 0 amide bonds. The molecule has 0 aliphatic carbocycles. The Labute approximate surface area is 127 Å². The van der Waals surface area contributed by atoms with Crippen LogP contribution in [0.4, 0.5) is 0 Å². The summed E-state index contributed by atoms with van der Waals surface area (Å²) in [6.07, 6.45) is 3.47. The van der Waals surface area contributed by atoms with Crippen molar-refractivity contribution in [2.24, 2.45) is 5.92 Å². The van der Waals surface area contributed by atoms with E-state index in [1.54, 1.807) is 11.3 Å². The molecule has 2 unspecified atom stereocenters. The molecule has 1 aliphatic rings. The van der Waals surface area contributed by atoms with Gasteiger partial charge in [-0.3, -0.25) is 0 Å². The highest BCUT2D eigenvalue weighted by atomic mass is 32.1. The van der Waals surface area contributed by atoms with Crippen molar-refractivity contribution in [2.75, 3.05) is 19.8 Å². The fourth-order valence-electron chi connectivity index (χ4n) is 2.66. The topological polar surface area (TPSA) is 34.2 Å². The van der Waals surface area contributed by atoms with Crippen LogP contribution in [-0.4, -0.2) is 30.8 Å². The number of hydrogen-bond donors (Lipinski definition) is 1. The van der Waals surface area contributed by atoms with Crippen LogP contribution in [0, 0.1) is 5.92 Å². The number of nitrogens with zero attached hydrogens (tertiary/aromatic N) is 1. The number of aromatic nitrogens is 1. The van der Waals surface area contributed by atoms with Gasteiger partial charge in [0.05, 0.1) is 10.7 Å². The molecule has 3 nitrogen and oxygen atoms in total. The lowest BCUT2D eigenvalue weighted by Crippen LogP contribution is -2.33. The molecule has 0 aromatic carbocycles. The largest absolute Gasteiger partial charge is 0.381 e. The zero-order valence-corrected chi connectivity index (χ0v) is 14.1. The van der Waals surface area contributed by atoms with Crippen molar-refractivity contribution >= 4 is 11.3 Å². The summed E-state index contributed by atoms with van der Waals surface area (Å²) >= 11 is 1.81. The van der Waals surface area contributed by atoms with Crippen LogP contribution >= 0.6 is 11.3 Å². The summed E-state index contributed by atoms with van der Waals surface area (Å²) < 4.78 is 5.49. The SMILES string of the molecule is CCNC(Cc1nc(C(C)(C)C)cs1)CC1CCOC1. The molecule has 1 saturated heterocycles. The van der Waals surface area contributed by atoms with Crippen molar-refractivity contribution in [2.45, 2.75) is 58.4 Å². The van der Waals surface area contributed by atoms with Gasteiger partial charge in [0.1, 0.15) is 0 Å². The maximum Gasteiger partial charge on any atom is 0.0944 e. The molecule has 114 valence electrons. The van der Waals surface area contributed by atoms with Gasteiger partial charge in [-0.1, -0.05) is 27.7 Å². The minimum absolute atomic E-state index is 0.154. The molecule has 1 fully saturated rings. The third-order valence-electron chi connectivity index (χ3n) is 3.88. The zero-order valence-electron chi connectivity index (χ0n) is 13.2. The normalized spacial score (nSPS) is 21.3. The summed E-state index contributed by atoms with van der Waals surface area (Å²) in [4.78, 5) is 4.83. The molecule has 1 aliphatic heterocycles. The van der Waals surface area contributed by atoms with Gasteiger partial charge < -0.3 is 10.1 Å². The van der Waals surface area contributed by atoms with Gasteiger partial charge in [-0.05, 0) is 25.3 Å². The lowest BCUT2D eigenvalue weighted by molar-refractivity contribution is 0.181. The van der Waals surface area contributed by atoms with Crippen molar-refractivity contribution in [3.63, 3.8) is 0 Å². The zero-order chi connectivity index (χ0) is 14.6. The van der Waals surface area contributed by atoms with Crippen molar-refractivity contribution in [3.05, 3.63) is 16.1 Å². The van der Waals surface area contributed by atoms with E-state index in [0.717, 1.165) is 32.1 Å². The Kier molecular flexibility index (Phi) is 5.58. The molecule has 1 N–H and O–H groups in total. The van der Waals surface area contributed by atoms with Crippen LogP contribution in [0.25, 0.3) is 0 Å². The Bertz CT molecular complexity index is 405. The van der Waals surface area contributed by atoms with E-state index in [1.807, 2.05) is 0 Å². The van der Waals surface area contributed by atoms with E-state index in [4.69, 9.17) is 9.72 Å². The van der Waals surface area contributed by atoms with Gasteiger partial charge in [-0.25, -0.2) is 4.98 Å². The second-order valence-electron chi connectivity index (χ2n) is 6.80. The number of likely N-dealkylation sites (N-methyl/N-ethyl adjacent to an activating group) is 1. The maximum atomic E-state index is 5.49. The van der Waals surface area contributed by atoms with E-state index in [9.17, 15) is 0 Å². The monoisotopic (exact) mass is 296 g/mol. The van der Waals surface area contributed by atoms with Crippen molar-refractivity contribution in [3.8, 4) is 0 Å². The average Bonchev–Trinajstić information content (AvgIpc) is 2.99. The molecule has 4 heteroatoms. The minimum atomic E-state index is 0.154. The molecule has 1 aromatic rings. The van der Waals surface area contributed by atoms with E-state index >= 15 is 0 Å². The summed E-state index contributed by atoms with van der Waals surface area (Å²) in [5, 5.41) is 7.10. The fourth-order valence-corrected chi connectivity index (χ4v) is 3.76. The van der Waals surface area contributed by atoms with Crippen LogP contribution in [0.3, 0.4) is 0 Å². The molecule has 0 bridgehead atoms. The summed E-state index contributed by atoms with van der Waals surface area (Å²) in [6.45, 7) is 11.8. The van der Waals surface area contributed by atoms with Crippen LogP contribution in [0.1, 0.15) is 51.2 Å². The van der Waals surface area contributed by atoms with Crippen LogP contribution in [0.15, 0.2) is 5.38 Å². The van der Waals surface area contributed by atoms with Gasteiger partial charge in [0.2, 0.25) is 0 Å². The molecule has 20 heavy (non-hydrogen) atoms. The number of nitrogens with one attached hydrogen (secondary N) is 1. The van der Waals surface area contributed by atoms with Crippen LogP contribution in [-0.2, 0) is 16.6 Å². The third kappa shape index (κ3) is 4.54. The first-order chi connectivity index (χ1) is 9.49. The van der Waals surface area contributed by atoms with Gasteiger partial charge in [0, 0.05) is 36.5 Å². The number of thiazole rings is 1. The van der Waals surface area contributed by atoms with E-state index < -0.39 is 0 Å². The fraction of sp³-hybridized carbons (Fsp3) is 0.812. The number of hydrogen-bond acceptors (Lipinski definition) is 4. The Hall–Kier alpha value is -0.450. The highest BCUT2D eigenvalue weighted by molar-refractivity contribution is 7.09. The van der Waals surface area contributed by atoms with Gasteiger partial charge in [-0.2, -0.15) is 0 Å². The molecule has 0 spiro atoms. The smallest absolute Gasteiger partial charge is 0.0944 e. The van der Waals surface area contributed by atoms with E-state index in [0.29, 0.717) is 6.04 Å². The first kappa shape index (κ1) is 15.9. The van der Waals surface area contributed by atoms with Crippen molar-refractivity contribution in [1.82, 2.24) is 10.3 Å². The maximum absolute atomic E-state index is 5.49. The standard InChI is InChI=1S/C16H28N2OS/c1-5-17-13(8-12-6-7-19-10-12)9-15-18-14(11-20-15)16(2,3)4/h11-13,17H,5-10H2,1-4H3. The Morgan fingerprint density at radius 3 is 2.85 bits per heavy atom. The van der Waals surface area contributed by atoms with Gasteiger partial charge in [0.15, 0.2) is 0 Å². The van der Waals surface area contributed by atoms with Gasteiger partial charge >= 0.3 is 0 Å². The summed E-state index contributed by atoms with van der Waals surface area (Å²) in [7, 11) is 0. The molecule has 2 heterocycles. The first-order valence-electron chi connectivity index (χ1n) is 7.75. The molecule has 0 radical (unpaired) electrons. The molecular weight excluding hydrogens is 268 g/mol. The molecule has 2 atom stereocenters. The second-order valence-corrected chi connectivity index (χ2v) is 7.74. The third-order valence-corrected chi connectivity index (χ3v) is 4.75. The van der Waals surface area contributed by atoms with Crippen LogP contribution in [0.5, 0.6) is 0 Å². The first-order valence-corrected chi connectivity index (χ1v) is 8.63. The number of rotatable bonds is 6. The summed E-state index contributed by atoms with van der Waals surface area (Å²) in [6, 6.07) is 0.533. The Balaban J connectivity index is 1.94. The van der Waals surface area contributed by atoms with Gasteiger partial charge in [-0.15, -0.1) is 11.3 Å². The number of ether oxygens (including phenoxy) is 1. The Morgan fingerprint density at radius 2 is 2.30 bits per heavy atom. The van der Waals surface area contributed by atoms with Crippen molar-refractivity contribution < 1.29 is 4.74 Å². The van der Waals surface area contributed by atoms with E-state index in [2.05, 4.69) is 38.4 Å².